The lowest BCUT2D eigenvalue weighted by Gasteiger charge is -2.34. The van der Waals surface area contributed by atoms with Gasteiger partial charge in [0.15, 0.2) is 0 Å². The molecule has 0 aromatic carbocycles. The number of nitrogens with zero attached hydrogens (tertiary/aromatic N) is 2. The first-order valence-electron chi connectivity index (χ1n) is 4.37. The molecule has 0 saturated carbocycles. The first-order valence-corrected chi connectivity index (χ1v) is 4.37. The predicted octanol–water partition coefficient (Wildman–Crippen LogP) is -0.0230. The second-order valence-electron chi connectivity index (χ2n) is 3.80. The number of aromatic amines is 1. The van der Waals surface area contributed by atoms with E-state index in [-0.39, 0.29) is 12.2 Å². The minimum atomic E-state index is -0.430. The Morgan fingerprint density at radius 3 is 2.79 bits per heavy atom. The van der Waals surface area contributed by atoms with Crippen LogP contribution in [0.3, 0.4) is 0 Å². The Labute approximate surface area is 82.4 Å². The van der Waals surface area contributed by atoms with Crippen LogP contribution >= 0.6 is 0 Å². The van der Waals surface area contributed by atoms with Crippen LogP contribution in [0.2, 0.25) is 0 Å². The van der Waals surface area contributed by atoms with Gasteiger partial charge in [0, 0.05) is 13.1 Å². The van der Waals surface area contributed by atoms with Crippen LogP contribution in [0.1, 0.15) is 13.8 Å². The third-order valence-electron chi connectivity index (χ3n) is 2.30. The Morgan fingerprint density at radius 1 is 1.64 bits per heavy atom. The maximum absolute atomic E-state index is 11.0. The van der Waals surface area contributed by atoms with Gasteiger partial charge in [-0.3, -0.25) is 4.79 Å². The molecule has 5 nitrogen and oxygen atoms in total. The summed E-state index contributed by atoms with van der Waals surface area (Å²) >= 11 is 0. The Hall–Kier alpha value is -1.36. The number of nitrogens with one attached hydrogen (secondary N) is 1. The van der Waals surface area contributed by atoms with Gasteiger partial charge in [-0.05, 0) is 13.8 Å². The molecule has 5 heteroatoms. The maximum Gasteiger partial charge on any atom is 0.252 e. The van der Waals surface area contributed by atoms with Crippen molar-refractivity contribution >= 4 is 5.82 Å². The number of hydrogen-bond donors (Lipinski definition) is 2. The summed E-state index contributed by atoms with van der Waals surface area (Å²) in [5, 5.41) is 9.14. The minimum Gasteiger partial charge on any atom is -0.394 e. The Bertz CT molecular complexity index is 359. The largest absolute Gasteiger partial charge is 0.394 e. The van der Waals surface area contributed by atoms with E-state index in [9.17, 15) is 4.79 Å². The summed E-state index contributed by atoms with van der Waals surface area (Å²) in [4.78, 5) is 19.2. The third kappa shape index (κ3) is 2.11. The van der Waals surface area contributed by atoms with Crippen molar-refractivity contribution in [2.75, 3.05) is 18.6 Å². The fraction of sp³-hybridized carbons (Fsp3) is 0.556. The minimum absolute atomic E-state index is 0.00200. The summed E-state index contributed by atoms with van der Waals surface area (Å²) in [5.74, 6) is 0.549. The zero-order chi connectivity index (χ0) is 10.8. The van der Waals surface area contributed by atoms with Crippen LogP contribution in [-0.2, 0) is 0 Å². The number of H-pyrrole nitrogens is 1. The molecule has 0 bridgehead atoms. The number of anilines is 1. The standard InChI is InChI=1S/C9H15N3O2/c1-9(2,5-13)12(3)7-4-8(14)11-6-10-7/h4,6,13H,5H2,1-3H3,(H,10,11,14). The Morgan fingerprint density at radius 2 is 2.29 bits per heavy atom. The van der Waals surface area contributed by atoms with Crippen LogP contribution in [0.25, 0.3) is 0 Å². The van der Waals surface area contributed by atoms with Crippen LogP contribution < -0.4 is 10.5 Å². The molecule has 0 atom stereocenters. The van der Waals surface area contributed by atoms with Gasteiger partial charge in [0.25, 0.3) is 5.56 Å². The summed E-state index contributed by atoms with van der Waals surface area (Å²) in [7, 11) is 1.79. The smallest absolute Gasteiger partial charge is 0.252 e. The molecule has 78 valence electrons. The molecular weight excluding hydrogens is 182 g/mol. The van der Waals surface area contributed by atoms with E-state index in [1.54, 1.807) is 11.9 Å². The molecule has 0 aliphatic carbocycles. The second kappa shape index (κ2) is 3.79. The maximum atomic E-state index is 11.0. The zero-order valence-corrected chi connectivity index (χ0v) is 8.61. The molecule has 0 amide bonds. The van der Waals surface area contributed by atoms with Crippen molar-refractivity contribution in [2.45, 2.75) is 19.4 Å². The lowest BCUT2D eigenvalue weighted by atomic mass is 10.1. The van der Waals surface area contributed by atoms with E-state index in [0.717, 1.165) is 0 Å². The fourth-order valence-electron chi connectivity index (χ4n) is 0.958. The highest BCUT2D eigenvalue weighted by molar-refractivity contribution is 5.38. The fourth-order valence-corrected chi connectivity index (χ4v) is 0.958. The highest BCUT2D eigenvalue weighted by Gasteiger charge is 2.23. The van der Waals surface area contributed by atoms with Crippen molar-refractivity contribution in [3.63, 3.8) is 0 Å². The normalized spacial score (nSPS) is 11.4. The van der Waals surface area contributed by atoms with Gasteiger partial charge in [0.2, 0.25) is 0 Å². The van der Waals surface area contributed by atoms with E-state index in [0.29, 0.717) is 5.82 Å². The molecular formula is C9H15N3O2. The molecule has 14 heavy (non-hydrogen) atoms. The lowest BCUT2D eigenvalue weighted by Crippen LogP contribution is -2.45. The highest BCUT2D eigenvalue weighted by Crippen LogP contribution is 2.17. The molecule has 0 spiro atoms. The average Bonchev–Trinajstić information content (AvgIpc) is 2.16. The quantitative estimate of drug-likeness (QED) is 0.714. The Balaban J connectivity index is 3.00. The van der Waals surface area contributed by atoms with Gasteiger partial charge < -0.3 is 15.0 Å². The number of rotatable bonds is 3. The monoisotopic (exact) mass is 197 g/mol. The van der Waals surface area contributed by atoms with Crippen molar-refractivity contribution in [1.29, 1.82) is 0 Å². The van der Waals surface area contributed by atoms with Gasteiger partial charge in [0.05, 0.1) is 18.5 Å². The summed E-state index contributed by atoms with van der Waals surface area (Å²) in [6, 6.07) is 1.40. The molecule has 2 N–H and O–H groups in total. The van der Waals surface area contributed by atoms with Crippen molar-refractivity contribution in [3.05, 3.63) is 22.7 Å². The van der Waals surface area contributed by atoms with Gasteiger partial charge in [-0.1, -0.05) is 0 Å². The number of hydrogen-bond acceptors (Lipinski definition) is 4. The van der Waals surface area contributed by atoms with E-state index >= 15 is 0 Å². The summed E-state index contributed by atoms with van der Waals surface area (Å²) in [6.45, 7) is 3.74. The molecule has 0 fully saturated rings. The topological polar surface area (TPSA) is 69.2 Å². The van der Waals surface area contributed by atoms with Crippen molar-refractivity contribution in [1.82, 2.24) is 9.97 Å². The SMILES string of the molecule is CN(c1cc(=O)[nH]cn1)C(C)(C)CO. The van der Waals surface area contributed by atoms with Crippen LogP contribution in [0.4, 0.5) is 5.82 Å². The van der Waals surface area contributed by atoms with Crippen LogP contribution in [0, 0.1) is 0 Å². The van der Waals surface area contributed by atoms with Crippen LogP contribution in [0.15, 0.2) is 17.2 Å². The van der Waals surface area contributed by atoms with E-state index in [1.807, 2.05) is 13.8 Å². The molecule has 1 heterocycles. The predicted molar refractivity (Wildman–Crippen MR) is 54.4 cm³/mol. The highest BCUT2D eigenvalue weighted by atomic mass is 16.3. The summed E-state index contributed by atoms with van der Waals surface area (Å²) in [5.41, 5.74) is -0.628. The first kappa shape index (κ1) is 10.7. The number of likely N-dealkylation sites (N-methyl/N-ethyl adjacent to an activating group) is 1. The molecule has 0 radical (unpaired) electrons. The van der Waals surface area contributed by atoms with E-state index in [2.05, 4.69) is 9.97 Å². The van der Waals surface area contributed by atoms with Gasteiger partial charge in [0.1, 0.15) is 5.82 Å². The molecule has 0 saturated heterocycles. The molecule has 0 unspecified atom stereocenters. The van der Waals surface area contributed by atoms with Gasteiger partial charge in [-0.15, -0.1) is 0 Å². The van der Waals surface area contributed by atoms with Crippen LogP contribution in [-0.4, -0.2) is 34.3 Å². The molecule has 1 aromatic heterocycles. The first-order chi connectivity index (χ1) is 6.47. The van der Waals surface area contributed by atoms with Gasteiger partial charge >= 0.3 is 0 Å². The zero-order valence-electron chi connectivity index (χ0n) is 8.61. The van der Waals surface area contributed by atoms with E-state index in [4.69, 9.17) is 5.11 Å². The second-order valence-corrected chi connectivity index (χ2v) is 3.80. The average molecular weight is 197 g/mol. The van der Waals surface area contributed by atoms with Crippen LogP contribution in [0.5, 0.6) is 0 Å². The number of aromatic nitrogens is 2. The lowest BCUT2D eigenvalue weighted by molar-refractivity contribution is 0.215. The molecule has 0 aliphatic heterocycles. The van der Waals surface area contributed by atoms with E-state index < -0.39 is 5.54 Å². The van der Waals surface area contributed by atoms with Gasteiger partial charge in [-0.2, -0.15) is 0 Å². The Kier molecular flexibility index (Phi) is 2.90. The summed E-state index contributed by atoms with van der Waals surface area (Å²) < 4.78 is 0. The molecule has 1 aromatic rings. The summed E-state index contributed by atoms with van der Waals surface area (Å²) in [6.07, 6.45) is 1.35. The molecule has 0 aliphatic rings. The third-order valence-corrected chi connectivity index (χ3v) is 2.30. The van der Waals surface area contributed by atoms with E-state index in [1.165, 1.54) is 12.4 Å². The molecule has 1 rings (SSSR count). The van der Waals surface area contributed by atoms with Gasteiger partial charge in [-0.25, -0.2) is 4.98 Å². The van der Waals surface area contributed by atoms with Crippen molar-refractivity contribution in [2.24, 2.45) is 0 Å². The number of aliphatic hydroxyl groups is 1. The van der Waals surface area contributed by atoms with Crippen molar-refractivity contribution < 1.29 is 5.11 Å². The van der Waals surface area contributed by atoms with Crippen molar-refractivity contribution in [3.8, 4) is 0 Å². The number of aliphatic hydroxyl groups excluding tert-OH is 1.